The van der Waals surface area contributed by atoms with Gasteiger partial charge in [-0.05, 0) is 24.6 Å². The molecule has 1 rings (SSSR count). The molecular formula is C9H10ClO2. The molecule has 0 aliphatic heterocycles. The quantitative estimate of drug-likeness (QED) is 0.785. The van der Waals surface area contributed by atoms with E-state index < -0.39 is 0 Å². The van der Waals surface area contributed by atoms with Crippen LogP contribution in [0.1, 0.15) is 12.5 Å². The van der Waals surface area contributed by atoms with E-state index >= 15 is 0 Å². The zero-order valence-electron chi connectivity index (χ0n) is 6.75. The molecule has 0 heterocycles. The van der Waals surface area contributed by atoms with Crippen LogP contribution in [0.25, 0.3) is 0 Å². The van der Waals surface area contributed by atoms with Gasteiger partial charge in [-0.15, -0.1) is 0 Å². The molecule has 0 saturated carbocycles. The van der Waals surface area contributed by atoms with E-state index in [1.807, 2.05) is 6.92 Å². The van der Waals surface area contributed by atoms with E-state index in [0.29, 0.717) is 22.9 Å². The fourth-order valence-electron chi connectivity index (χ4n) is 0.870. The van der Waals surface area contributed by atoms with E-state index in [0.717, 1.165) is 6.61 Å². The highest BCUT2D eigenvalue weighted by atomic mass is 35.5. The summed E-state index contributed by atoms with van der Waals surface area (Å²) < 4.78 is 5.21. The number of rotatable bonds is 3. The first-order valence-electron chi connectivity index (χ1n) is 3.67. The van der Waals surface area contributed by atoms with E-state index in [4.69, 9.17) is 21.4 Å². The molecule has 0 saturated heterocycles. The minimum absolute atomic E-state index is 0.514. The van der Waals surface area contributed by atoms with Crippen LogP contribution in [-0.2, 0) is 0 Å². The molecule has 0 fully saturated rings. The molecule has 3 heteroatoms. The van der Waals surface area contributed by atoms with E-state index in [2.05, 4.69) is 0 Å². The molecule has 0 unspecified atom stereocenters. The van der Waals surface area contributed by atoms with Crippen LogP contribution in [0.4, 0.5) is 0 Å². The molecule has 1 radical (unpaired) electrons. The van der Waals surface area contributed by atoms with Gasteiger partial charge in [-0.3, -0.25) is 0 Å². The van der Waals surface area contributed by atoms with Crippen molar-refractivity contribution in [1.29, 1.82) is 0 Å². The SMILES string of the molecule is CCOc1ccc([CH]O)cc1Cl. The van der Waals surface area contributed by atoms with Gasteiger partial charge in [0.2, 0.25) is 0 Å². The molecule has 0 aliphatic rings. The van der Waals surface area contributed by atoms with Crippen molar-refractivity contribution in [2.45, 2.75) is 6.92 Å². The van der Waals surface area contributed by atoms with Crippen LogP contribution >= 0.6 is 11.6 Å². The van der Waals surface area contributed by atoms with Crippen LogP contribution in [0.5, 0.6) is 5.75 Å². The Morgan fingerprint density at radius 1 is 1.58 bits per heavy atom. The van der Waals surface area contributed by atoms with Gasteiger partial charge in [-0.1, -0.05) is 17.7 Å². The third-order valence-corrected chi connectivity index (χ3v) is 1.70. The second kappa shape index (κ2) is 4.33. The number of halogens is 1. The van der Waals surface area contributed by atoms with Crippen LogP contribution in [0.3, 0.4) is 0 Å². The van der Waals surface area contributed by atoms with E-state index in [1.54, 1.807) is 18.2 Å². The van der Waals surface area contributed by atoms with Gasteiger partial charge >= 0.3 is 0 Å². The van der Waals surface area contributed by atoms with E-state index in [9.17, 15) is 0 Å². The van der Waals surface area contributed by atoms with Crippen LogP contribution in [0.2, 0.25) is 5.02 Å². The molecule has 1 aromatic carbocycles. The molecule has 0 aliphatic carbocycles. The van der Waals surface area contributed by atoms with Gasteiger partial charge in [0.15, 0.2) is 0 Å². The lowest BCUT2D eigenvalue weighted by Crippen LogP contribution is -1.92. The van der Waals surface area contributed by atoms with Gasteiger partial charge in [-0.25, -0.2) is 0 Å². The van der Waals surface area contributed by atoms with E-state index in [-0.39, 0.29) is 0 Å². The van der Waals surface area contributed by atoms with Crippen molar-refractivity contribution in [3.8, 4) is 5.75 Å². The average molecular weight is 186 g/mol. The van der Waals surface area contributed by atoms with Crippen molar-refractivity contribution >= 4 is 11.6 Å². The minimum Gasteiger partial charge on any atom is -0.492 e. The van der Waals surface area contributed by atoms with Gasteiger partial charge in [-0.2, -0.15) is 0 Å². The Hall–Kier alpha value is -0.730. The molecule has 1 N–H and O–H groups in total. The Bertz CT molecular complexity index is 261. The van der Waals surface area contributed by atoms with Gasteiger partial charge in [0.25, 0.3) is 0 Å². The number of benzene rings is 1. The number of aliphatic hydroxyl groups is 1. The maximum absolute atomic E-state index is 8.66. The molecule has 12 heavy (non-hydrogen) atoms. The standard InChI is InChI=1S/C9H10ClO2/c1-2-12-9-4-3-7(6-11)5-8(9)10/h3-6,11H,2H2,1H3. The van der Waals surface area contributed by atoms with Crippen molar-refractivity contribution in [2.24, 2.45) is 0 Å². The van der Waals surface area contributed by atoms with Gasteiger partial charge in [0.1, 0.15) is 12.4 Å². The Morgan fingerprint density at radius 2 is 2.33 bits per heavy atom. The van der Waals surface area contributed by atoms with Crippen LogP contribution < -0.4 is 4.74 Å². The Kier molecular flexibility index (Phi) is 3.38. The second-order valence-electron chi connectivity index (χ2n) is 2.25. The minimum atomic E-state index is 0.514. The second-order valence-corrected chi connectivity index (χ2v) is 2.66. The van der Waals surface area contributed by atoms with Crippen molar-refractivity contribution in [3.05, 3.63) is 35.4 Å². The summed E-state index contributed by atoms with van der Waals surface area (Å²) >= 11 is 5.83. The summed E-state index contributed by atoms with van der Waals surface area (Å²) in [6.45, 7) is 3.48. The largest absolute Gasteiger partial charge is 0.492 e. The summed E-state index contributed by atoms with van der Waals surface area (Å²) in [7, 11) is 0. The summed E-state index contributed by atoms with van der Waals surface area (Å²) in [5.41, 5.74) is 0.670. The molecule has 1 aromatic rings. The summed E-state index contributed by atoms with van der Waals surface area (Å²) in [5.74, 6) is 0.643. The van der Waals surface area contributed by atoms with Crippen molar-refractivity contribution in [3.63, 3.8) is 0 Å². The molecule has 0 amide bonds. The summed E-state index contributed by atoms with van der Waals surface area (Å²) in [6.07, 6.45) is 0. The lowest BCUT2D eigenvalue weighted by atomic mass is 10.2. The highest BCUT2D eigenvalue weighted by molar-refractivity contribution is 6.32. The highest BCUT2D eigenvalue weighted by Gasteiger charge is 2.01. The Labute approximate surface area is 76.7 Å². The topological polar surface area (TPSA) is 29.5 Å². The third-order valence-electron chi connectivity index (χ3n) is 1.40. The highest BCUT2D eigenvalue weighted by Crippen LogP contribution is 2.25. The number of ether oxygens (including phenoxy) is 1. The normalized spacial score (nSPS) is 9.92. The molecular weight excluding hydrogens is 176 g/mol. The zero-order chi connectivity index (χ0) is 8.97. The lowest BCUT2D eigenvalue weighted by molar-refractivity contribution is 0.340. The fraction of sp³-hybridized carbons (Fsp3) is 0.222. The van der Waals surface area contributed by atoms with Gasteiger partial charge in [0, 0.05) is 0 Å². The first-order valence-corrected chi connectivity index (χ1v) is 4.05. The molecule has 0 bridgehead atoms. The fourth-order valence-corrected chi connectivity index (χ4v) is 1.11. The number of aliphatic hydroxyl groups excluding tert-OH is 1. The lowest BCUT2D eigenvalue weighted by Gasteiger charge is -2.05. The molecule has 0 aromatic heterocycles. The van der Waals surface area contributed by atoms with Gasteiger partial charge in [0.05, 0.1) is 11.6 Å². The molecule has 0 atom stereocenters. The van der Waals surface area contributed by atoms with E-state index in [1.165, 1.54) is 0 Å². The monoisotopic (exact) mass is 185 g/mol. The molecule has 65 valence electrons. The molecule has 0 spiro atoms. The summed E-state index contributed by atoms with van der Waals surface area (Å²) in [4.78, 5) is 0. The smallest absolute Gasteiger partial charge is 0.137 e. The van der Waals surface area contributed by atoms with Crippen LogP contribution in [0, 0.1) is 6.61 Å². The van der Waals surface area contributed by atoms with Crippen molar-refractivity contribution < 1.29 is 9.84 Å². The average Bonchev–Trinajstić information content (AvgIpc) is 2.09. The Balaban J connectivity index is 2.87. The van der Waals surface area contributed by atoms with Crippen molar-refractivity contribution in [1.82, 2.24) is 0 Å². The van der Waals surface area contributed by atoms with Gasteiger partial charge < -0.3 is 9.84 Å². The number of hydrogen-bond donors (Lipinski definition) is 1. The van der Waals surface area contributed by atoms with Crippen molar-refractivity contribution in [2.75, 3.05) is 6.61 Å². The Morgan fingerprint density at radius 3 is 2.83 bits per heavy atom. The zero-order valence-corrected chi connectivity index (χ0v) is 7.51. The molecule has 2 nitrogen and oxygen atoms in total. The van der Waals surface area contributed by atoms with Crippen LogP contribution in [0.15, 0.2) is 18.2 Å². The summed E-state index contributed by atoms with van der Waals surface area (Å²) in [6, 6.07) is 5.11. The predicted octanol–water partition coefficient (Wildman–Crippen LogP) is 2.62. The maximum atomic E-state index is 8.66. The first-order chi connectivity index (χ1) is 5.77. The maximum Gasteiger partial charge on any atom is 0.137 e. The summed E-state index contributed by atoms with van der Waals surface area (Å²) in [5, 5.41) is 9.17. The predicted molar refractivity (Wildman–Crippen MR) is 48.0 cm³/mol. The van der Waals surface area contributed by atoms with Crippen LogP contribution in [-0.4, -0.2) is 11.7 Å². The first kappa shape index (κ1) is 9.36. The third kappa shape index (κ3) is 2.13. The number of hydrogen-bond acceptors (Lipinski definition) is 2.